The Bertz CT molecular complexity index is 489. The molecule has 0 aliphatic heterocycles. The lowest BCUT2D eigenvalue weighted by molar-refractivity contribution is -0.385. The number of rotatable bonds is 7. The maximum Gasteiger partial charge on any atom is 0.282 e. The van der Waals surface area contributed by atoms with E-state index in [1.807, 2.05) is 14.1 Å². The first-order chi connectivity index (χ1) is 9.41. The number of nitro groups is 1. The van der Waals surface area contributed by atoms with Gasteiger partial charge in [-0.1, -0.05) is 0 Å². The van der Waals surface area contributed by atoms with E-state index in [0.29, 0.717) is 12.2 Å². The standard InChI is InChI=1S/C13H20N4O3/c1-16(2)8-4-3-7-15-13(18)11-9-10(14)5-6-12(11)17(19)20/h5-6,9H,3-4,7-8,14H2,1-2H3,(H,15,18). The number of benzene rings is 1. The van der Waals surface area contributed by atoms with Crippen molar-refractivity contribution in [3.05, 3.63) is 33.9 Å². The van der Waals surface area contributed by atoms with Crippen LogP contribution in [-0.4, -0.2) is 42.9 Å². The van der Waals surface area contributed by atoms with E-state index in [1.165, 1.54) is 18.2 Å². The van der Waals surface area contributed by atoms with Crippen molar-refractivity contribution in [1.29, 1.82) is 0 Å². The Morgan fingerprint density at radius 3 is 2.70 bits per heavy atom. The number of hydrogen-bond donors (Lipinski definition) is 2. The van der Waals surface area contributed by atoms with E-state index in [1.54, 1.807) is 0 Å². The highest BCUT2D eigenvalue weighted by molar-refractivity contribution is 5.99. The molecule has 0 saturated carbocycles. The molecule has 0 aromatic heterocycles. The molecule has 1 aromatic carbocycles. The molecule has 1 rings (SSSR count). The molecule has 0 fully saturated rings. The number of nitrogens with one attached hydrogen (secondary N) is 1. The summed E-state index contributed by atoms with van der Waals surface area (Å²) in [6.45, 7) is 1.42. The summed E-state index contributed by atoms with van der Waals surface area (Å²) in [7, 11) is 3.96. The van der Waals surface area contributed by atoms with Crippen LogP contribution in [0.25, 0.3) is 0 Å². The molecule has 0 aliphatic carbocycles. The van der Waals surface area contributed by atoms with Gasteiger partial charge in [0.25, 0.3) is 11.6 Å². The van der Waals surface area contributed by atoms with Gasteiger partial charge in [-0.05, 0) is 45.6 Å². The predicted octanol–water partition coefficient (Wildman–Crippen LogP) is 1.25. The van der Waals surface area contributed by atoms with E-state index in [4.69, 9.17) is 5.73 Å². The Morgan fingerprint density at radius 2 is 2.10 bits per heavy atom. The van der Waals surface area contributed by atoms with E-state index in [-0.39, 0.29) is 11.3 Å². The molecule has 0 unspecified atom stereocenters. The molecule has 0 bridgehead atoms. The van der Waals surface area contributed by atoms with Crippen molar-refractivity contribution in [3.8, 4) is 0 Å². The zero-order chi connectivity index (χ0) is 15.1. The van der Waals surface area contributed by atoms with Crippen LogP contribution in [0, 0.1) is 10.1 Å². The van der Waals surface area contributed by atoms with Gasteiger partial charge in [0.15, 0.2) is 0 Å². The highest BCUT2D eigenvalue weighted by Crippen LogP contribution is 2.20. The van der Waals surface area contributed by atoms with Crippen LogP contribution in [0.1, 0.15) is 23.2 Å². The van der Waals surface area contributed by atoms with Gasteiger partial charge in [-0.25, -0.2) is 0 Å². The Balaban J connectivity index is 2.59. The molecule has 20 heavy (non-hydrogen) atoms. The molecule has 0 heterocycles. The first kappa shape index (κ1) is 15.9. The topological polar surface area (TPSA) is 102 Å². The van der Waals surface area contributed by atoms with Crippen LogP contribution < -0.4 is 11.1 Å². The van der Waals surface area contributed by atoms with Gasteiger partial charge in [-0.3, -0.25) is 14.9 Å². The summed E-state index contributed by atoms with van der Waals surface area (Å²) >= 11 is 0. The SMILES string of the molecule is CN(C)CCCCNC(=O)c1cc(N)ccc1[N+](=O)[O-]. The summed E-state index contributed by atoms with van der Waals surface area (Å²) in [6, 6.07) is 3.98. The zero-order valence-corrected chi connectivity index (χ0v) is 11.8. The van der Waals surface area contributed by atoms with Crippen molar-refractivity contribution in [3.63, 3.8) is 0 Å². The number of carbonyl (C=O) groups excluding carboxylic acids is 1. The smallest absolute Gasteiger partial charge is 0.282 e. The molecule has 0 spiro atoms. The number of hydrogen-bond acceptors (Lipinski definition) is 5. The molecular formula is C13H20N4O3. The average molecular weight is 280 g/mol. The summed E-state index contributed by atoms with van der Waals surface area (Å²) in [5, 5.41) is 13.5. The fourth-order valence-corrected chi connectivity index (χ4v) is 1.74. The number of nitrogens with zero attached hydrogens (tertiary/aromatic N) is 2. The maximum atomic E-state index is 11.9. The van der Waals surface area contributed by atoms with E-state index in [0.717, 1.165) is 19.4 Å². The lowest BCUT2D eigenvalue weighted by Gasteiger charge is -2.09. The van der Waals surface area contributed by atoms with Gasteiger partial charge in [0.05, 0.1) is 4.92 Å². The number of amides is 1. The number of unbranched alkanes of at least 4 members (excludes halogenated alkanes) is 1. The zero-order valence-electron chi connectivity index (χ0n) is 11.8. The van der Waals surface area contributed by atoms with E-state index in [9.17, 15) is 14.9 Å². The molecule has 0 saturated heterocycles. The van der Waals surface area contributed by atoms with Gasteiger partial charge in [-0.2, -0.15) is 0 Å². The second-order valence-electron chi connectivity index (χ2n) is 4.80. The highest BCUT2D eigenvalue weighted by Gasteiger charge is 2.19. The number of nitro benzene ring substituents is 1. The second-order valence-corrected chi connectivity index (χ2v) is 4.80. The maximum absolute atomic E-state index is 11.9. The third-order valence-corrected chi connectivity index (χ3v) is 2.78. The minimum Gasteiger partial charge on any atom is -0.399 e. The lowest BCUT2D eigenvalue weighted by Crippen LogP contribution is -2.26. The van der Waals surface area contributed by atoms with Gasteiger partial charge in [0.1, 0.15) is 5.56 Å². The van der Waals surface area contributed by atoms with E-state index >= 15 is 0 Å². The molecule has 0 atom stereocenters. The molecule has 110 valence electrons. The summed E-state index contributed by atoms with van der Waals surface area (Å²) in [4.78, 5) is 24.3. The molecule has 1 aromatic rings. The third-order valence-electron chi connectivity index (χ3n) is 2.78. The van der Waals surface area contributed by atoms with Crippen molar-refractivity contribution in [2.24, 2.45) is 0 Å². The molecule has 3 N–H and O–H groups in total. The van der Waals surface area contributed by atoms with Crippen LogP contribution >= 0.6 is 0 Å². The predicted molar refractivity (Wildman–Crippen MR) is 77.6 cm³/mol. The highest BCUT2D eigenvalue weighted by atomic mass is 16.6. The molecule has 7 heteroatoms. The van der Waals surface area contributed by atoms with Crippen LogP contribution in [0.2, 0.25) is 0 Å². The second kappa shape index (κ2) is 7.44. The van der Waals surface area contributed by atoms with Gasteiger partial charge in [0.2, 0.25) is 0 Å². The first-order valence-corrected chi connectivity index (χ1v) is 6.38. The minimum atomic E-state index is -0.583. The monoisotopic (exact) mass is 280 g/mol. The number of anilines is 1. The summed E-state index contributed by atoms with van der Waals surface area (Å²) in [5.74, 6) is -0.464. The summed E-state index contributed by atoms with van der Waals surface area (Å²) in [5.41, 5.74) is 5.67. The van der Waals surface area contributed by atoms with Crippen molar-refractivity contribution in [2.45, 2.75) is 12.8 Å². The molecule has 0 radical (unpaired) electrons. The van der Waals surface area contributed by atoms with Crippen LogP contribution in [-0.2, 0) is 0 Å². The van der Waals surface area contributed by atoms with E-state index < -0.39 is 10.8 Å². The van der Waals surface area contributed by atoms with Gasteiger partial charge in [-0.15, -0.1) is 0 Å². The quantitative estimate of drug-likeness (QED) is 0.339. The van der Waals surface area contributed by atoms with Gasteiger partial charge in [0, 0.05) is 18.3 Å². The van der Waals surface area contributed by atoms with Gasteiger partial charge >= 0.3 is 0 Å². The van der Waals surface area contributed by atoms with Crippen molar-refractivity contribution < 1.29 is 9.72 Å². The minimum absolute atomic E-state index is 0.00242. The Morgan fingerprint density at radius 1 is 1.40 bits per heavy atom. The van der Waals surface area contributed by atoms with Crippen molar-refractivity contribution >= 4 is 17.3 Å². The summed E-state index contributed by atoms with van der Waals surface area (Å²) in [6.07, 6.45) is 1.77. The molecular weight excluding hydrogens is 260 g/mol. The third kappa shape index (κ3) is 4.85. The lowest BCUT2D eigenvalue weighted by atomic mass is 10.1. The molecule has 0 aliphatic rings. The van der Waals surface area contributed by atoms with Crippen molar-refractivity contribution in [2.75, 3.05) is 32.9 Å². The number of nitrogens with two attached hydrogens (primary N) is 1. The normalized spacial score (nSPS) is 10.6. The first-order valence-electron chi connectivity index (χ1n) is 6.38. The molecule has 7 nitrogen and oxygen atoms in total. The van der Waals surface area contributed by atoms with Crippen LogP contribution in [0.4, 0.5) is 11.4 Å². The largest absolute Gasteiger partial charge is 0.399 e. The number of nitrogen functional groups attached to an aromatic ring is 1. The van der Waals surface area contributed by atoms with E-state index in [2.05, 4.69) is 10.2 Å². The van der Waals surface area contributed by atoms with Crippen LogP contribution in [0.5, 0.6) is 0 Å². The average Bonchev–Trinajstić information content (AvgIpc) is 2.37. The summed E-state index contributed by atoms with van der Waals surface area (Å²) < 4.78 is 0. The van der Waals surface area contributed by atoms with Gasteiger partial charge < -0.3 is 16.0 Å². The fraction of sp³-hybridized carbons (Fsp3) is 0.462. The fourth-order valence-electron chi connectivity index (χ4n) is 1.74. The number of carbonyl (C=O) groups is 1. The van der Waals surface area contributed by atoms with Crippen LogP contribution in [0.3, 0.4) is 0 Å². The molecule has 1 amide bonds. The Kier molecular flexibility index (Phi) is 5.92. The Hall–Kier alpha value is -2.15. The van der Waals surface area contributed by atoms with Crippen molar-refractivity contribution in [1.82, 2.24) is 10.2 Å². The Labute approximate surface area is 117 Å². The van der Waals surface area contributed by atoms with Crippen LogP contribution in [0.15, 0.2) is 18.2 Å².